The molecule has 1 aliphatic carbocycles. The number of hydrogen-bond acceptors (Lipinski definition) is 2. The van der Waals surface area contributed by atoms with Crippen molar-refractivity contribution in [2.24, 2.45) is 5.92 Å². The topological polar surface area (TPSA) is 41.1 Å². The number of amides is 1. The van der Waals surface area contributed by atoms with Gasteiger partial charge in [-0.05, 0) is 41.2 Å². The summed E-state index contributed by atoms with van der Waals surface area (Å²) < 4.78 is 0. The van der Waals surface area contributed by atoms with Crippen LogP contribution in [0.4, 0.5) is 5.69 Å². The fraction of sp³-hybridized carbons (Fsp3) is 0.278. The summed E-state index contributed by atoms with van der Waals surface area (Å²) in [7, 11) is 0. The van der Waals surface area contributed by atoms with E-state index in [0.29, 0.717) is 5.92 Å². The predicted octanol–water partition coefficient (Wildman–Crippen LogP) is 3.03. The monoisotopic (exact) mass is 278 g/mol. The van der Waals surface area contributed by atoms with Gasteiger partial charge < -0.3 is 10.6 Å². The van der Waals surface area contributed by atoms with Crippen LogP contribution in [0.25, 0.3) is 0 Å². The van der Waals surface area contributed by atoms with E-state index in [4.69, 9.17) is 0 Å². The molecule has 1 saturated carbocycles. The van der Waals surface area contributed by atoms with Gasteiger partial charge in [0.1, 0.15) is 0 Å². The Balaban J connectivity index is 1.43. The lowest BCUT2D eigenvalue weighted by atomic mass is 10.1. The largest absolute Gasteiger partial charge is 0.326 e. The fourth-order valence-corrected chi connectivity index (χ4v) is 3.16. The lowest BCUT2D eigenvalue weighted by Gasteiger charge is -2.07. The minimum Gasteiger partial charge on any atom is -0.326 e. The van der Waals surface area contributed by atoms with Crippen molar-refractivity contribution in [2.45, 2.75) is 25.4 Å². The molecular formula is C18H18N2O. The lowest BCUT2D eigenvalue weighted by Crippen LogP contribution is -2.14. The molecule has 2 aromatic carbocycles. The molecule has 0 saturated heterocycles. The zero-order chi connectivity index (χ0) is 14.2. The summed E-state index contributed by atoms with van der Waals surface area (Å²) in [5, 5.41) is 6.39. The van der Waals surface area contributed by atoms with Crippen LogP contribution in [0.5, 0.6) is 0 Å². The van der Waals surface area contributed by atoms with E-state index in [9.17, 15) is 4.79 Å². The molecule has 0 unspecified atom stereocenters. The first kappa shape index (κ1) is 12.6. The second-order valence-corrected chi connectivity index (χ2v) is 5.94. The van der Waals surface area contributed by atoms with Gasteiger partial charge in [-0.15, -0.1) is 0 Å². The Kier molecular flexibility index (Phi) is 3.00. The molecule has 4 rings (SSSR count). The molecule has 1 heterocycles. The molecule has 1 fully saturated rings. The van der Waals surface area contributed by atoms with Gasteiger partial charge in [0.05, 0.1) is 0 Å². The molecule has 2 atom stereocenters. The van der Waals surface area contributed by atoms with E-state index in [2.05, 4.69) is 34.9 Å². The highest BCUT2D eigenvalue weighted by Gasteiger charge is 2.43. The third-order valence-electron chi connectivity index (χ3n) is 4.46. The number of fused-ring (bicyclic) bond motifs is 1. The van der Waals surface area contributed by atoms with Crippen molar-refractivity contribution in [1.29, 1.82) is 0 Å². The van der Waals surface area contributed by atoms with Crippen molar-refractivity contribution in [3.63, 3.8) is 0 Å². The number of carbonyl (C=O) groups is 1. The Labute approximate surface area is 124 Å². The summed E-state index contributed by atoms with van der Waals surface area (Å²) in [5.74, 6) is 0.663. The maximum absolute atomic E-state index is 12.3. The maximum Gasteiger partial charge on any atom is 0.228 e. The molecule has 21 heavy (non-hydrogen) atoms. The van der Waals surface area contributed by atoms with Crippen LogP contribution in [-0.4, -0.2) is 5.91 Å². The van der Waals surface area contributed by atoms with Gasteiger partial charge in [0.2, 0.25) is 5.91 Å². The Morgan fingerprint density at radius 2 is 1.86 bits per heavy atom. The first-order valence-electron chi connectivity index (χ1n) is 7.49. The van der Waals surface area contributed by atoms with Crippen LogP contribution >= 0.6 is 0 Å². The molecule has 0 bridgehead atoms. The van der Waals surface area contributed by atoms with Gasteiger partial charge in [0.15, 0.2) is 0 Å². The van der Waals surface area contributed by atoms with Crippen LogP contribution in [0.3, 0.4) is 0 Å². The molecule has 106 valence electrons. The van der Waals surface area contributed by atoms with Crippen LogP contribution in [-0.2, 0) is 17.9 Å². The number of hydrogen-bond donors (Lipinski definition) is 2. The van der Waals surface area contributed by atoms with Crippen molar-refractivity contribution >= 4 is 11.6 Å². The van der Waals surface area contributed by atoms with Gasteiger partial charge in [0.25, 0.3) is 0 Å². The second kappa shape index (κ2) is 5.01. The minimum atomic E-state index is 0.124. The molecule has 2 N–H and O–H groups in total. The van der Waals surface area contributed by atoms with Crippen LogP contribution in [0.1, 0.15) is 29.0 Å². The molecule has 3 heteroatoms. The molecule has 3 nitrogen and oxygen atoms in total. The Hall–Kier alpha value is -2.13. The number of anilines is 1. The highest BCUT2D eigenvalue weighted by Crippen LogP contribution is 2.47. The SMILES string of the molecule is O=C(Nc1ccc2c(c1)CNC2)[C@H]1C[C@@H]1c1ccccc1. The third kappa shape index (κ3) is 2.45. The Morgan fingerprint density at radius 3 is 2.71 bits per heavy atom. The van der Waals surface area contributed by atoms with E-state index in [1.54, 1.807) is 0 Å². The van der Waals surface area contributed by atoms with E-state index in [1.807, 2.05) is 24.3 Å². The lowest BCUT2D eigenvalue weighted by molar-refractivity contribution is -0.117. The molecule has 1 amide bonds. The predicted molar refractivity (Wildman–Crippen MR) is 82.9 cm³/mol. The van der Waals surface area contributed by atoms with Crippen molar-refractivity contribution in [3.05, 3.63) is 65.2 Å². The summed E-state index contributed by atoms with van der Waals surface area (Å²) in [6, 6.07) is 16.5. The van der Waals surface area contributed by atoms with Crippen molar-refractivity contribution in [3.8, 4) is 0 Å². The van der Waals surface area contributed by atoms with Gasteiger partial charge in [-0.1, -0.05) is 36.4 Å². The summed E-state index contributed by atoms with van der Waals surface area (Å²) in [6.07, 6.45) is 0.961. The minimum absolute atomic E-state index is 0.124. The van der Waals surface area contributed by atoms with Crippen molar-refractivity contribution in [2.75, 3.05) is 5.32 Å². The Morgan fingerprint density at radius 1 is 1.05 bits per heavy atom. The molecular weight excluding hydrogens is 260 g/mol. The first-order chi connectivity index (χ1) is 10.3. The quantitative estimate of drug-likeness (QED) is 0.906. The highest BCUT2D eigenvalue weighted by molar-refractivity contribution is 5.95. The van der Waals surface area contributed by atoms with Crippen molar-refractivity contribution < 1.29 is 4.79 Å². The van der Waals surface area contributed by atoms with Crippen LogP contribution in [0.2, 0.25) is 0 Å². The number of benzene rings is 2. The molecule has 0 spiro atoms. The van der Waals surface area contributed by atoms with E-state index >= 15 is 0 Å². The van der Waals surface area contributed by atoms with Gasteiger partial charge in [-0.2, -0.15) is 0 Å². The van der Waals surface area contributed by atoms with E-state index in [0.717, 1.165) is 25.2 Å². The smallest absolute Gasteiger partial charge is 0.228 e. The standard InChI is InChI=1S/C18H18N2O/c21-18(17-9-16(17)12-4-2-1-3-5-12)20-15-7-6-13-10-19-11-14(13)8-15/h1-8,16-17,19H,9-11H2,(H,20,21)/t16-,17+/m1/s1. The fourth-order valence-electron chi connectivity index (χ4n) is 3.16. The number of rotatable bonds is 3. The molecule has 0 aromatic heterocycles. The third-order valence-corrected chi connectivity index (χ3v) is 4.46. The summed E-state index contributed by atoms with van der Waals surface area (Å²) in [5.41, 5.74) is 4.82. The zero-order valence-corrected chi connectivity index (χ0v) is 11.8. The normalized spacial score (nSPS) is 22.7. The van der Waals surface area contributed by atoms with E-state index < -0.39 is 0 Å². The molecule has 0 radical (unpaired) electrons. The van der Waals surface area contributed by atoms with Crippen LogP contribution in [0.15, 0.2) is 48.5 Å². The molecule has 1 aliphatic heterocycles. The second-order valence-electron chi connectivity index (χ2n) is 5.94. The average molecular weight is 278 g/mol. The number of nitrogens with one attached hydrogen (secondary N) is 2. The summed E-state index contributed by atoms with van der Waals surface area (Å²) in [4.78, 5) is 12.3. The van der Waals surface area contributed by atoms with Gasteiger partial charge >= 0.3 is 0 Å². The zero-order valence-electron chi connectivity index (χ0n) is 11.8. The Bertz CT molecular complexity index is 681. The summed E-state index contributed by atoms with van der Waals surface area (Å²) >= 11 is 0. The van der Waals surface area contributed by atoms with E-state index in [-0.39, 0.29) is 11.8 Å². The molecule has 2 aliphatic rings. The highest BCUT2D eigenvalue weighted by atomic mass is 16.2. The molecule has 2 aromatic rings. The van der Waals surface area contributed by atoms with E-state index in [1.165, 1.54) is 16.7 Å². The maximum atomic E-state index is 12.3. The first-order valence-corrected chi connectivity index (χ1v) is 7.49. The van der Waals surface area contributed by atoms with Gasteiger partial charge in [-0.25, -0.2) is 0 Å². The van der Waals surface area contributed by atoms with Crippen LogP contribution < -0.4 is 10.6 Å². The summed E-state index contributed by atoms with van der Waals surface area (Å²) in [6.45, 7) is 1.83. The average Bonchev–Trinajstić information content (AvgIpc) is 3.19. The van der Waals surface area contributed by atoms with Crippen LogP contribution in [0, 0.1) is 5.92 Å². The van der Waals surface area contributed by atoms with Gasteiger partial charge in [0, 0.05) is 24.7 Å². The van der Waals surface area contributed by atoms with Gasteiger partial charge in [-0.3, -0.25) is 4.79 Å². The number of carbonyl (C=O) groups excluding carboxylic acids is 1. The van der Waals surface area contributed by atoms with Crippen molar-refractivity contribution in [1.82, 2.24) is 5.32 Å².